The van der Waals surface area contributed by atoms with Crippen molar-refractivity contribution < 1.29 is 28.9 Å². The van der Waals surface area contributed by atoms with E-state index in [9.17, 15) is 14.7 Å². The maximum absolute atomic E-state index is 14.2. The van der Waals surface area contributed by atoms with Crippen molar-refractivity contribution in [1.82, 2.24) is 19.8 Å². The molecule has 6 bridgehead atoms. The number of methoxy groups -OCH3 is 3. The lowest BCUT2D eigenvalue weighted by Crippen LogP contribution is -2.70. The average molecular weight is 721 g/mol. The molecule has 2 aromatic heterocycles. The molecule has 3 saturated heterocycles. The number of esters is 2. The predicted octanol–water partition coefficient (Wildman–Crippen LogP) is 5.81. The van der Waals surface area contributed by atoms with Crippen LogP contribution in [0.4, 0.5) is 0 Å². The molecule has 6 aliphatic rings. The van der Waals surface area contributed by atoms with Gasteiger partial charge in [-0.1, -0.05) is 43.2 Å². The van der Waals surface area contributed by atoms with E-state index in [1.807, 2.05) is 0 Å². The minimum absolute atomic E-state index is 0.0103. The molecule has 10 rings (SSSR count). The van der Waals surface area contributed by atoms with Gasteiger partial charge in [0, 0.05) is 75.8 Å². The Morgan fingerprint density at radius 3 is 2.58 bits per heavy atom. The van der Waals surface area contributed by atoms with Gasteiger partial charge in [-0.05, 0) is 87.2 Å². The summed E-state index contributed by atoms with van der Waals surface area (Å²) in [7, 11) is 6.87. The van der Waals surface area contributed by atoms with E-state index in [1.54, 1.807) is 7.11 Å². The third kappa shape index (κ3) is 4.80. The largest absolute Gasteiger partial charge is 0.496 e. The summed E-state index contributed by atoms with van der Waals surface area (Å²) < 4.78 is 17.5. The molecule has 280 valence electrons. The number of rotatable bonds is 5. The Morgan fingerprint density at radius 2 is 1.85 bits per heavy atom. The lowest BCUT2D eigenvalue weighted by molar-refractivity contribution is -0.196. The van der Waals surface area contributed by atoms with Crippen LogP contribution in [0.2, 0.25) is 0 Å². The molecule has 2 aromatic carbocycles. The number of carbonyl (C=O) groups is 2. The van der Waals surface area contributed by atoms with E-state index in [0.717, 1.165) is 64.1 Å². The molecular formula is C43H52N4O6. The third-order valence-corrected chi connectivity index (χ3v) is 14.3. The first kappa shape index (κ1) is 34.6. The molecule has 0 amide bonds. The van der Waals surface area contributed by atoms with Crippen LogP contribution >= 0.6 is 0 Å². The van der Waals surface area contributed by atoms with Gasteiger partial charge in [0.1, 0.15) is 17.4 Å². The van der Waals surface area contributed by atoms with Gasteiger partial charge in [-0.2, -0.15) is 0 Å². The Labute approximate surface area is 310 Å². The van der Waals surface area contributed by atoms with Crippen LogP contribution < -0.4 is 4.74 Å². The first-order valence-corrected chi connectivity index (χ1v) is 19.5. The fourth-order valence-electron chi connectivity index (χ4n) is 12.0. The highest BCUT2D eigenvalue weighted by atomic mass is 16.5. The highest BCUT2D eigenvalue weighted by molar-refractivity contribution is 5.93. The second-order valence-electron chi connectivity index (χ2n) is 16.4. The number of allylic oxidation sites excluding steroid dienone is 1. The van der Waals surface area contributed by atoms with Crippen molar-refractivity contribution in [1.29, 1.82) is 0 Å². The molecule has 10 unspecified atom stereocenters. The molecule has 10 heteroatoms. The summed E-state index contributed by atoms with van der Waals surface area (Å²) in [6, 6.07) is 12.7. The van der Waals surface area contributed by atoms with Crippen molar-refractivity contribution >= 4 is 33.7 Å². The first-order chi connectivity index (χ1) is 25.7. The standard InChI is InChI=1S/C43H52N4O6/c1-7-22-15-24-20-43(42(50)53-6)38-26(13-14-47(39(22)43)40(24)48)28-19-35(51-4)29(17-33(28)45-38)30-16-27-23(8-2)21-46(3)34(36(27)41(49)52-5)18-31-25-11-9-10-12-32(25)44-37(30)31/h8-12,17,19,22,24,27,30,34,36,39-40,44-45,48H,7,13-16,18,20-21H2,1-6H3. The number of hydrogen-bond acceptors (Lipinski definition) is 8. The number of nitrogens with zero attached hydrogens (tertiary/aromatic N) is 2. The fraction of sp³-hybridized carbons (Fsp3) is 0.535. The molecule has 10 atom stereocenters. The van der Waals surface area contributed by atoms with Crippen LogP contribution in [0.15, 0.2) is 48.0 Å². The number of benzene rings is 2. The summed E-state index contributed by atoms with van der Waals surface area (Å²) in [5.74, 6) is 0.189. The number of aliphatic hydroxyl groups excluding tert-OH is 1. The van der Waals surface area contributed by atoms with Crippen molar-refractivity contribution in [2.24, 2.45) is 23.7 Å². The summed E-state index contributed by atoms with van der Waals surface area (Å²) in [6.45, 7) is 5.74. The van der Waals surface area contributed by atoms with Crippen LogP contribution in [0, 0.1) is 23.7 Å². The molecule has 1 saturated carbocycles. The van der Waals surface area contributed by atoms with E-state index in [0.29, 0.717) is 32.2 Å². The van der Waals surface area contributed by atoms with Crippen molar-refractivity contribution in [2.75, 3.05) is 41.5 Å². The molecular weight excluding hydrogens is 668 g/mol. The number of likely N-dealkylation sites (tertiary alicyclic amines) is 1. The Kier molecular flexibility index (Phi) is 8.33. The summed E-state index contributed by atoms with van der Waals surface area (Å²) in [4.78, 5) is 40.3. The van der Waals surface area contributed by atoms with Crippen LogP contribution in [0.3, 0.4) is 0 Å². The van der Waals surface area contributed by atoms with Gasteiger partial charge in [-0.15, -0.1) is 0 Å². The van der Waals surface area contributed by atoms with E-state index in [-0.39, 0.29) is 53.6 Å². The molecule has 10 nitrogen and oxygen atoms in total. The lowest BCUT2D eigenvalue weighted by Gasteiger charge is -2.59. The maximum atomic E-state index is 14.2. The van der Waals surface area contributed by atoms with E-state index in [2.05, 4.69) is 83.1 Å². The number of ether oxygens (including phenoxy) is 3. The molecule has 4 aromatic rings. The zero-order valence-electron chi connectivity index (χ0n) is 31.7. The van der Waals surface area contributed by atoms with Gasteiger partial charge in [0.2, 0.25) is 0 Å². The summed E-state index contributed by atoms with van der Waals surface area (Å²) in [5.41, 5.74) is 7.87. The minimum atomic E-state index is -0.905. The number of fused-ring (bicyclic) bond motifs is 9. The molecule has 53 heavy (non-hydrogen) atoms. The van der Waals surface area contributed by atoms with Crippen molar-refractivity contribution in [2.45, 2.75) is 82.0 Å². The molecule has 4 fully saturated rings. The zero-order chi connectivity index (χ0) is 36.9. The van der Waals surface area contributed by atoms with Gasteiger partial charge >= 0.3 is 11.9 Å². The lowest BCUT2D eigenvalue weighted by atomic mass is 9.56. The number of H-pyrrole nitrogens is 2. The van der Waals surface area contributed by atoms with Gasteiger partial charge in [0.15, 0.2) is 0 Å². The topological polar surface area (TPSA) is 120 Å². The van der Waals surface area contributed by atoms with E-state index in [1.165, 1.54) is 30.7 Å². The number of para-hydroxylation sites is 1. The van der Waals surface area contributed by atoms with Gasteiger partial charge in [-0.25, -0.2) is 0 Å². The zero-order valence-corrected chi connectivity index (χ0v) is 31.7. The summed E-state index contributed by atoms with van der Waals surface area (Å²) in [5, 5.41) is 13.7. The number of likely N-dealkylation sites (N-methyl/N-ethyl adjacent to an activating group) is 1. The van der Waals surface area contributed by atoms with Crippen molar-refractivity contribution in [3.63, 3.8) is 0 Å². The number of piperidine rings is 3. The van der Waals surface area contributed by atoms with Crippen LogP contribution in [-0.2, 0) is 37.3 Å². The third-order valence-electron chi connectivity index (χ3n) is 14.3. The van der Waals surface area contributed by atoms with Gasteiger partial charge in [0.05, 0.1) is 27.2 Å². The summed E-state index contributed by atoms with van der Waals surface area (Å²) >= 11 is 0. The van der Waals surface area contributed by atoms with E-state index < -0.39 is 11.6 Å². The maximum Gasteiger partial charge on any atom is 0.319 e. The minimum Gasteiger partial charge on any atom is -0.496 e. The number of carbonyl (C=O) groups excluding carboxylic acids is 2. The monoisotopic (exact) mass is 720 g/mol. The van der Waals surface area contributed by atoms with Crippen LogP contribution in [-0.4, -0.2) is 96.6 Å². The van der Waals surface area contributed by atoms with Gasteiger partial charge < -0.3 is 29.3 Å². The number of nitrogens with one attached hydrogen (secondary N) is 2. The smallest absolute Gasteiger partial charge is 0.319 e. The highest BCUT2D eigenvalue weighted by Crippen LogP contribution is 2.58. The van der Waals surface area contributed by atoms with Gasteiger partial charge in [-0.3, -0.25) is 19.4 Å². The average Bonchev–Trinajstić information content (AvgIpc) is 3.69. The normalized spacial score (nSPS) is 34.2. The van der Waals surface area contributed by atoms with Crippen LogP contribution in [0.5, 0.6) is 5.75 Å². The highest BCUT2D eigenvalue weighted by Gasteiger charge is 2.65. The Morgan fingerprint density at radius 1 is 1.04 bits per heavy atom. The molecule has 6 heterocycles. The van der Waals surface area contributed by atoms with E-state index >= 15 is 0 Å². The fourth-order valence-corrected chi connectivity index (χ4v) is 12.0. The van der Waals surface area contributed by atoms with Crippen LogP contribution in [0.1, 0.15) is 73.5 Å². The Hall–Kier alpha value is -4.12. The molecule has 2 aliphatic carbocycles. The van der Waals surface area contributed by atoms with Crippen molar-refractivity contribution in [3.8, 4) is 5.75 Å². The van der Waals surface area contributed by atoms with Crippen molar-refractivity contribution in [3.05, 3.63) is 76.1 Å². The summed E-state index contributed by atoms with van der Waals surface area (Å²) in [6.07, 6.45) is 6.15. The van der Waals surface area contributed by atoms with E-state index in [4.69, 9.17) is 14.2 Å². The van der Waals surface area contributed by atoms with Crippen LogP contribution in [0.25, 0.3) is 21.8 Å². The Balaban J connectivity index is 1.27. The van der Waals surface area contributed by atoms with Gasteiger partial charge in [0.25, 0.3) is 0 Å². The second-order valence-corrected chi connectivity index (χ2v) is 16.4. The number of aliphatic hydroxyl groups is 1. The first-order valence-electron chi connectivity index (χ1n) is 19.5. The number of hydrogen-bond donors (Lipinski definition) is 3. The molecule has 3 N–H and O–H groups in total. The number of aromatic nitrogens is 2. The Bertz CT molecular complexity index is 2150. The number of aromatic amines is 2. The predicted molar refractivity (Wildman–Crippen MR) is 203 cm³/mol. The molecule has 0 radical (unpaired) electrons. The quantitative estimate of drug-likeness (QED) is 0.175. The molecule has 4 aliphatic heterocycles. The molecule has 0 spiro atoms. The SMILES string of the molecule is CC=C1CN(C)C2Cc3c([nH]c4ccccc34)C(c3cc4[nH]c5c(c4cc3OC)CCN3C(O)C4CC(CC)C3C5(C(=O)OC)C4)CC1C2C(=O)OC. The second kappa shape index (κ2) is 12.7.